The zero-order chi connectivity index (χ0) is 24.4. The minimum absolute atomic E-state index is 0.0582. The van der Waals surface area contributed by atoms with E-state index in [2.05, 4.69) is 15.3 Å². The highest BCUT2D eigenvalue weighted by Gasteiger charge is 2.21. The molecular weight excluding hydrogens is 470 g/mol. The number of hydrogen-bond acceptors (Lipinski definition) is 7. The van der Waals surface area contributed by atoms with Gasteiger partial charge in [-0.05, 0) is 30.3 Å². The van der Waals surface area contributed by atoms with E-state index in [0.717, 1.165) is 5.56 Å². The van der Waals surface area contributed by atoms with Crippen molar-refractivity contribution in [2.24, 2.45) is 0 Å². The van der Waals surface area contributed by atoms with Crippen molar-refractivity contribution in [2.75, 3.05) is 45.8 Å². The molecule has 1 fully saturated rings. The lowest BCUT2D eigenvalue weighted by Gasteiger charge is -2.27. The fourth-order valence-electron chi connectivity index (χ4n) is 4.03. The van der Waals surface area contributed by atoms with E-state index in [1.807, 2.05) is 24.3 Å². The smallest absolute Gasteiger partial charge is 0.254 e. The molecule has 3 heterocycles. The molecule has 10 heteroatoms. The number of amides is 1. The number of nitrogens with one attached hydrogen (secondary N) is 2. The summed E-state index contributed by atoms with van der Waals surface area (Å²) in [5.74, 6) is 1.49. The Balaban J connectivity index is 1.50. The lowest BCUT2D eigenvalue weighted by atomic mass is 10.1. The molecule has 0 saturated carbocycles. The fourth-order valence-corrected chi connectivity index (χ4v) is 4.26. The van der Waals surface area contributed by atoms with Crippen molar-refractivity contribution >= 4 is 40.2 Å². The Morgan fingerprint density at radius 3 is 2.71 bits per heavy atom. The minimum atomic E-state index is -0.0582. The summed E-state index contributed by atoms with van der Waals surface area (Å²) in [5.41, 5.74) is 3.24. The lowest BCUT2D eigenvalue weighted by Crippen LogP contribution is -2.40. The van der Waals surface area contributed by atoms with Gasteiger partial charge in [-0.1, -0.05) is 23.7 Å². The number of benzene rings is 2. The lowest BCUT2D eigenvalue weighted by molar-refractivity contribution is 0.0302. The summed E-state index contributed by atoms with van der Waals surface area (Å²) in [5, 5.41) is 4.46. The summed E-state index contributed by atoms with van der Waals surface area (Å²) >= 11 is 6.45. The first-order chi connectivity index (χ1) is 17.1. The maximum Gasteiger partial charge on any atom is 0.254 e. The predicted octanol–water partition coefficient (Wildman–Crippen LogP) is 4.51. The Labute approximate surface area is 207 Å². The topological polar surface area (TPSA) is 102 Å². The van der Waals surface area contributed by atoms with Gasteiger partial charge in [0.1, 0.15) is 17.1 Å². The van der Waals surface area contributed by atoms with Crippen LogP contribution in [0, 0.1) is 0 Å². The van der Waals surface area contributed by atoms with Gasteiger partial charge >= 0.3 is 0 Å². The van der Waals surface area contributed by atoms with Crippen LogP contribution in [0.3, 0.4) is 0 Å². The molecule has 1 amide bonds. The number of rotatable bonds is 6. The van der Waals surface area contributed by atoms with Gasteiger partial charge in [-0.2, -0.15) is 4.98 Å². The first-order valence-electron chi connectivity index (χ1n) is 11.1. The summed E-state index contributed by atoms with van der Waals surface area (Å²) in [6, 6.07) is 12.8. The Morgan fingerprint density at radius 2 is 1.94 bits per heavy atom. The molecule has 2 aromatic heterocycles. The van der Waals surface area contributed by atoms with Gasteiger partial charge < -0.3 is 29.4 Å². The minimum Gasteiger partial charge on any atom is -0.497 e. The summed E-state index contributed by atoms with van der Waals surface area (Å²) in [7, 11) is 3.17. The molecule has 1 aliphatic heterocycles. The quantitative estimate of drug-likeness (QED) is 0.407. The van der Waals surface area contributed by atoms with Crippen molar-refractivity contribution in [3.8, 4) is 22.8 Å². The van der Waals surface area contributed by atoms with E-state index in [-0.39, 0.29) is 5.91 Å². The van der Waals surface area contributed by atoms with Gasteiger partial charge in [0.15, 0.2) is 0 Å². The van der Waals surface area contributed by atoms with E-state index in [9.17, 15) is 4.79 Å². The molecule has 1 aliphatic rings. The van der Waals surface area contributed by atoms with Crippen LogP contribution < -0.4 is 14.8 Å². The fraction of sp³-hybridized carbons (Fsp3) is 0.240. The first-order valence-corrected chi connectivity index (χ1v) is 11.5. The Morgan fingerprint density at radius 1 is 1.11 bits per heavy atom. The van der Waals surface area contributed by atoms with Crippen LogP contribution in [0.25, 0.3) is 22.3 Å². The number of aromatic amines is 1. The second-order valence-electron chi connectivity index (χ2n) is 7.93. The number of methoxy groups -OCH3 is 2. The number of morpholine rings is 1. The Kier molecular flexibility index (Phi) is 6.43. The summed E-state index contributed by atoms with van der Waals surface area (Å²) in [4.78, 5) is 27.1. The number of anilines is 2. The summed E-state index contributed by atoms with van der Waals surface area (Å²) in [6.45, 7) is 2.23. The average Bonchev–Trinajstić information content (AvgIpc) is 3.29. The predicted molar refractivity (Wildman–Crippen MR) is 134 cm³/mol. The molecule has 0 radical (unpaired) electrons. The van der Waals surface area contributed by atoms with Gasteiger partial charge in [-0.3, -0.25) is 4.79 Å². The number of carbonyl (C=O) groups is 1. The number of fused-ring (bicyclic) bond motifs is 1. The second-order valence-corrected chi connectivity index (χ2v) is 8.34. The molecule has 0 atom stereocenters. The molecule has 180 valence electrons. The van der Waals surface area contributed by atoms with Crippen LogP contribution in [0.15, 0.2) is 48.7 Å². The Hall–Kier alpha value is -3.82. The summed E-state index contributed by atoms with van der Waals surface area (Å²) in [6.07, 6.45) is 1.68. The van der Waals surface area contributed by atoms with Crippen LogP contribution >= 0.6 is 11.6 Å². The van der Waals surface area contributed by atoms with Gasteiger partial charge in [-0.15, -0.1) is 0 Å². The van der Waals surface area contributed by atoms with Crippen molar-refractivity contribution < 1.29 is 19.0 Å². The normalized spacial score (nSPS) is 13.6. The van der Waals surface area contributed by atoms with E-state index >= 15 is 0 Å². The SMILES string of the molecule is COc1cccc(-c2nc(Nc3ccc(C(=O)N4CCOCC4)cc3OC)nc3[nH]cc(Cl)c23)c1. The van der Waals surface area contributed by atoms with Crippen molar-refractivity contribution in [2.45, 2.75) is 0 Å². The van der Waals surface area contributed by atoms with Crippen molar-refractivity contribution in [1.29, 1.82) is 0 Å². The zero-order valence-corrected chi connectivity index (χ0v) is 20.1. The van der Waals surface area contributed by atoms with E-state index in [4.69, 9.17) is 30.8 Å². The molecule has 35 heavy (non-hydrogen) atoms. The maximum atomic E-state index is 12.9. The average molecular weight is 494 g/mol. The second kappa shape index (κ2) is 9.81. The standard InChI is InChI=1S/C25H24ClN5O4/c1-33-17-5-3-4-15(12-17)22-21-18(26)14-27-23(21)30-25(29-22)28-19-7-6-16(13-20(19)34-2)24(32)31-8-10-35-11-9-31/h3-7,12-14H,8-11H2,1-2H3,(H2,27,28,29,30). The third-order valence-corrected chi connectivity index (χ3v) is 6.12. The van der Waals surface area contributed by atoms with E-state index < -0.39 is 0 Å². The van der Waals surface area contributed by atoms with Crippen LogP contribution in [0.1, 0.15) is 10.4 Å². The molecule has 5 rings (SSSR count). The largest absolute Gasteiger partial charge is 0.497 e. The number of hydrogen-bond donors (Lipinski definition) is 2. The van der Waals surface area contributed by atoms with Crippen molar-refractivity contribution in [3.05, 3.63) is 59.2 Å². The maximum absolute atomic E-state index is 12.9. The van der Waals surface area contributed by atoms with E-state index in [0.29, 0.717) is 76.8 Å². The third kappa shape index (κ3) is 4.60. The van der Waals surface area contributed by atoms with Crippen LogP contribution in [0.4, 0.5) is 11.6 Å². The number of aromatic nitrogens is 3. The van der Waals surface area contributed by atoms with E-state index in [1.165, 1.54) is 0 Å². The number of nitrogens with zero attached hydrogens (tertiary/aromatic N) is 3. The van der Waals surface area contributed by atoms with Crippen LogP contribution in [0.5, 0.6) is 11.5 Å². The molecule has 0 aliphatic carbocycles. The highest BCUT2D eigenvalue weighted by atomic mass is 35.5. The van der Waals surface area contributed by atoms with Crippen molar-refractivity contribution in [3.63, 3.8) is 0 Å². The number of halogens is 1. The first kappa shape index (κ1) is 22.9. The highest BCUT2D eigenvalue weighted by Crippen LogP contribution is 2.35. The number of H-pyrrole nitrogens is 1. The Bertz CT molecular complexity index is 1380. The molecule has 0 unspecified atom stereocenters. The zero-order valence-electron chi connectivity index (χ0n) is 19.3. The molecule has 2 aromatic carbocycles. The molecule has 0 spiro atoms. The molecule has 4 aromatic rings. The van der Waals surface area contributed by atoms with Crippen molar-refractivity contribution in [1.82, 2.24) is 19.9 Å². The molecule has 0 bridgehead atoms. The third-order valence-electron chi connectivity index (χ3n) is 5.82. The van der Waals surface area contributed by atoms with Gasteiger partial charge in [-0.25, -0.2) is 4.98 Å². The molecular formula is C25H24ClN5O4. The van der Waals surface area contributed by atoms with Crippen LogP contribution in [-0.2, 0) is 4.74 Å². The molecule has 9 nitrogen and oxygen atoms in total. The van der Waals surface area contributed by atoms with Gasteiger partial charge in [0.2, 0.25) is 5.95 Å². The van der Waals surface area contributed by atoms with Crippen LogP contribution in [0.2, 0.25) is 5.02 Å². The molecule has 2 N–H and O–H groups in total. The molecule has 1 saturated heterocycles. The monoisotopic (exact) mass is 493 g/mol. The van der Waals surface area contributed by atoms with E-state index in [1.54, 1.807) is 43.5 Å². The van der Waals surface area contributed by atoms with Gasteiger partial charge in [0.05, 0.1) is 49.2 Å². The number of ether oxygens (including phenoxy) is 3. The highest BCUT2D eigenvalue weighted by molar-refractivity contribution is 6.36. The summed E-state index contributed by atoms with van der Waals surface area (Å²) < 4.78 is 16.3. The van der Waals surface area contributed by atoms with Crippen LogP contribution in [-0.4, -0.2) is 66.3 Å². The van der Waals surface area contributed by atoms with Gasteiger partial charge in [0.25, 0.3) is 5.91 Å². The number of carbonyl (C=O) groups excluding carboxylic acids is 1. The van der Waals surface area contributed by atoms with Gasteiger partial charge in [0, 0.05) is 30.4 Å².